The second kappa shape index (κ2) is 3.60. The summed E-state index contributed by atoms with van der Waals surface area (Å²) in [5.74, 6) is -0.283. The molecule has 0 bridgehead atoms. The lowest BCUT2D eigenvalue weighted by Crippen LogP contribution is -1.89. The number of hydrogen-bond donors (Lipinski definition) is 1. The van der Waals surface area contributed by atoms with Crippen molar-refractivity contribution in [3.8, 4) is 6.07 Å². The molecule has 0 N–H and O–H groups in total. The topological polar surface area (TPSA) is 23.8 Å². The Morgan fingerprint density at radius 1 is 1.57 bits per heavy atom. The van der Waals surface area contributed by atoms with Crippen LogP contribution in [0.15, 0.2) is 22.4 Å². The maximum atomic E-state index is 13.7. The first-order valence-corrected chi connectivity index (χ1v) is 5.31. The number of nitriles is 1. The van der Waals surface area contributed by atoms with Gasteiger partial charge in [0.25, 0.3) is 0 Å². The highest BCUT2D eigenvalue weighted by atomic mass is 32.1. The summed E-state index contributed by atoms with van der Waals surface area (Å²) in [6, 6.07) is 5.40. The second-order valence-corrected chi connectivity index (χ2v) is 4.27. The third-order valence-corrected chi connectivity index (χ3v) is 3.28. The van der Waals surface area contributed by atoms with Gasteiger partial charge in [-0.15, -0.1) is 24.0 Å². The Kier molecular flexibility index (Phi) is 2.44. The first kappa shape index (κ1) is 9.50. The van der Waals surface area contributed by atoms with Crippen molar-refractivity contribution in [2.75, 3.05) is 0 Å². The molecular formula is C10H6FNS2. The lowest BCUT2D eigenvalue weighted by atomic mass is 10.1. The van der Waals surface area contributed by atoms with Gasteiger partial charge >= 0.3 is 0 Å². The van der Waals surface area contributed by atoms with Crippen LogP contribution in [-0.2, 0) is 6.42 Å². The average Bonchev–Trinajstić information content (AvgIpc) is 2.63. The molecule has 0 aliphatic heterocycles. The predicted octanol–water partition coefficient (Wildman–Crippen LogP) is 3.40. The van der Waals surface area contributed by atoms with E-state index in [2.05, 4.69) is 12.6 Å². The van der Waals surface area contributed by atoms with Crippen molar-refractivity contribution in [1.82, 2.24) is 0 Å². The molecule has 14 heavy (non-hydrogen) atoms. The average molecular weight is 223 g/mol. The molecule has 2 aromatic rings. The van der Waals surface area contributed by atoms with E-state index in [1.54, 1.807) is 6.07 Å². The first-order valence-electron chi connectivity index (χ1n) is 3.98. The van der Waals surface area contributed by atoms with Crippen LogP contribution in [0.2, 0.25) is 0 Å². The molecule has 0 saturated heterocycles. The fourth-order valence-corrected chi connectivity index (χ4v) is 2.64. The Labute approximate surface area is 90.2 Å². The summed E-state index contributed by atoms with van der Waals surface area (Å²) in [5.41, 5.74) is 0.424. The van der Waals surface area contributed by atoms with E-state index in [1.165, 1.54) is 11.3 Å². The molecule has 0 spiro atoms. The number of halogens is 1. The van der Waals surface area contributed by atoms with E-state index in [9.17, 15) is 4.39 Å². The van der Waals surface area contributed by atoms with Crippen LogP contribution in [0.5, 0.6) is 0 Å². The number of hydrogen-bond acceptors (Lipinski definition) is 3. The zero-order chi connectivity index (χ0) is 10.1. The van der Waals surface area contributed by atoms with Crippen molar-refractivity contribution in [3.63, 3.8) is 0 Å². The smallest absolute Gasteiger partial charge is 0.145 e. The summed E-state index contributed by atoms with van der Waals surface area (Å²) in [7, 11) is 0. The number of rotatable bonds is 1. The number of thiophene rings is 1. The van der Waals surface area contributed by atoms with E-state index in [4.69, 9.17) is 5.26 Å². The SMILES string of the molecule is N#CCc1cc(S)c2ccsc2c1F. The Balaban J connectivity index is 2.76. The van der Waals surface area contributed by atoms with Crippen LogP contribution in [0.3, 0.4) is 0 Å². The van der Waals surface area contributed by atoms with Crippen molar-refractivity contribution in [2.24, 2.45) is 0 Å². The molecule has 1 heterocycles. The number of benzene rings is 1. The predicted molar refractivity (Wildman–Crippen MR) is 58.4 cm³/mol. The second-order valence-electron chi connectivity index (χ2n) is 2.87. The summed E-state index contributed by atoms with van der Waals surface area (Å²) in [6.45, 7) is 0. The van der Waals surface area contributed by atoms with Gasteiger partial charge in [0.1, 0.15) is 5.82 Å². The van der Waals surface area contributed by atoms with E-state index in [0.29, 0.717) is 10.3 Å². The molecular weight excluding hydrogens is 217 g/mol. The van der Waals surface area contributed by atoms with E-state index in [0.717, 1.165) is 10.3 Å². The van der Waals surface area contributed by atoms with Crippen molar-refractivity contribution in [3.05, 3.63) is 28.9 Å². The van der Waals surface area contributed by atoms with E-state index in [-0.39, 0.29) is 12.2 Å². The van der Waals surface area contributed by atoms with E-state index in [1.807, 2.05) is 17.5 Å². The molecule has 0 atom stereocenters. The Hall–Kier alpha value is -1.05. The van der Waals surface area contributed by atoms with Gasteiger partial charge in [-0.05, 0) is 17.5 Å². The molecule has 1 aromatic heterocycles. The van der Waals surface area contributed by atoms with Gasteiger partial charge in [-0.25, -0.2) is 4.39 Å². The Morgan fingerprint density at radius 3 is 3.07 bits per heavy atom. The van der Waals surface area contributed by atoms with Crippen LogP contribution in [0.25, 0.3) is 10.1 Å². The van der Waals surface area contributed by atoms with Gasteiger partial charge < -0.3 is 0 Å². The van der Waals surface area contributed by atoms with Gasteiger partial charge in [0, 0.05) is 15.8 Å². The molecule has 1 nitrogen and oxygen atoms in total. The normalized spacial score (nSPS) is 10.4. The minimum Gasteiger partial charge on any atom is -0.205 e. The molecule has 0 fully saturated rings. The maximum absolute atomic E-state index is 13.7. The highest BCUT2D eigenvalue weighted by molar-refractivity contribution is 7.80. The lowest BCUT2D eigenvalue weighted by molar-refractivity contribution is 0.628. The zero-order valence-electron chi connectivity index (χ0n) is 7.12. The third-order valence-electron chi connectivity index (χ3n) is 2.00. The minimum atomic E-state index is -0.283. The Morgan fingerprint density at radius 2 is 2.36 bits per heavy atom. The quantitative estimate of drug-likeness (QED) is 0.736. The van der Waals surface area contributed by atoms with Crippen molar-refractivity contribution >= 4 is 34.1 Å². The standard InChI is InChI=1S/C10H6FNS2/c11-9-6(1-3-12)5-8(13)7-2-4-14-10(7)9/h2,4-5,13H,1H2. The summed E-state index contributed by atoms with van der Waals surface area (Å²) >= 11 is 5.59. The largest absolute Gasteiger partial charge is 0.205 e. The summed E-state index contributed by atoms with van der Waals surface area (Å²) in [5, 5.41) is 11.2. The fourth-order valence-electron chi connectivity index (χ4n) is 1.35. The Bertz CT molecular complexity index is 525. The van der Waals surface area contributed by atoms with Gasteiger partial charge in [-0.2, -0.15) is 5.26 Å². The number of nitrogens with zero attached hydrogens (tertiary/aromatic N) is 1. The van der Waals surface area contributed by atoms with Crippen molar-refractivity contribution in [2.45, 2.75) is 11.3 Å². The number of thiol groups is 1. The van der Waals surface area contributed by atoms with Gasteiger partial charge in [-0.1, -0.05) is 0 Å². The third kappa shape index (κ3) is 1.39. The summed E-state index contributed by atoms with van der Waals surface area (Å²) < 4.78 is 14.3. The van der Waals surface area contributed by atoms with Crippen LogP contribution < -0.4 is 0 Å². The highest BCUT2D eigenvalue weighted by Crippen LogP contribution is 2.31. The van der Waals surface area contributed by atoms with Gasteiger partial charge in [0.05, 0.1) is 17.2 Å². The molecule has 0 aliphatic carbocycles. The van der Waals surface area contributed by atoms with Gasteiger partial charge in [0.15, 0.2) is 0 Å². The summed E-state index contributed by atoms with van der Waals surface area (Å²) in [4.78, 5) is 0.730. The first-order chi connectivity index (χ1) is 6.74. The van der Waals surface area contributed by atoms with Crippen molar-refractivity contribution in [1.29, 1.82) is 5.26 Å². The van der Waals surface area contributed by atoms with Crippen LogP contribution >= 0.6 is 24.0 Å². The van der Waals surface area contributed by atoms with E-state index >= 15 is 0 Å². The minimum absolute atomic E-state index is 0.0905. The number of fused-ring (bicyclic) bond motifs is 1. The van der Waals surface area contributed by atoms with Crippen LogP contribution in [-0.4, -0.2) is 0 Å². The molecule has 0 unspecified atom stereocenters. The van der Waals surface area contributed by atoms with Crippen LogP contribution in [0.1, 0.15) is 5.56 Å². The fraction of sp³-hybridized carbons (Fsp3) is 0.100. The summed E-state index contributed by atoms with van der Waals surface area (Å²) in [6.07, 6.45) is 0.0905. The van der Waals surface area contributed by atoms with Crippen molar-refractivity contribution < 1.29 is 4.39 Å². The molecule has 4 heteroatoms. The molecule has 2 rings (SSSR count). The maximum Gasteiger partial charge on any atom is 0.145 e. The molecule has 70 valence electrons. The molecule has 0 aliphatic rings. The van der Waals surface area contributed by atoms with Gasteiger partial charge in [-0.3, -0.25) is 0 Å². The monoisotopic (exact) mass is 223 g/mol. The van der Waals surface area contributed by atoms with Crippen LogP contribution in [0.4, 0.5) is 4.39 Å². The highest BCUT2D eigenvalue weighted by Gasteiger charge is 2.10. The lowest BCUT2D eigenvalue weighted by Gasteiger charge is -2.02. The zero-order valence-corrected chi connectivity index (χ0v) is 8.83. The molecule has 0 amide bonds. The van der Waals surface area contributed by atoms with Crippen LogP contribution in [0, 0.1) is 17.1 Å². The van der Waals surface area contributed by atoms with E-state index < -0.39 is 0 Å². The molecule has 0 saturated carbocycles. The molecule has 0 radical (unpaired) electrons. The molecule has 1 aromatic carbocycles. The van der Waals surface area contributed by atoms with Gasteiger partial charge in [0.2, 0.25) is 0 Å².